The molecule has 90 valence electrons. The van der Waals surface area contributed by atoms with E-state index < -0.39 is 0 Å². The molecule has 0 spiro atoms. The van der Waals surface area contributed by atoms with Crippen molar-refractivity contribution in [1.82, 2.24) is 10.6 Å². The highest BCUT2D eigenvalue weighted by Crippen LogP contribution is 2.17. The standard InChI is InChI=1S/C13H28N2/c1-4-12(5-2)10-14-11-13(3)8-6-7-9-15-13/h12,14-15H,4-11H2,1-3H3. The minimum absolute atomic E-state index is 0.351. The van der Waals surface area contributed by atoms with Gasteiger partial charge in [0.2, 0.25) is 0 Å². The van der Waals surface area contributed by atoms with Crippen molar-refractivity contribution in [2.45, 2.75) is 58.4 Å². The second-order valence-corrected chi connectivity index (χ2v) is 5.26. The summed E-state index contributed by atoms with van der Waals surface area (Å²) >= 11 is 0. The van der Waals surface area contributed by atoms with Gasteiger partial charge in [0.05, 0.1) is 0 Å². The Labute approximate surface area is 95.2 Å². The molecule has 1 fully saturated rings. The largest absolute Gasteiger partial charge is 0.315 e. The molecule has 1 rings (SSSR count). The molecule has 0 saturated carbocycles. The van der Waals surface area contributed by atoms with E-state index in [2.05, 4.69) is 31.4 Å². The summed E-state index contributed by atoms with van der Waals surface area (Å²) in [5.74, 6) is 0.859. The second-order valence-electron chi connectivity index (χ2n) is 5.26. The molecule has 0 aliphatic carbocycles. The molecule has 1 aliphatic heterocycles. The lowest BCUT2D eigenvalue weighted by Crippen LogP contribution is -2.53. The molecule has 0 radical (unpaired) electrons. The lowest BCUT2D eigenvalue weighted by Gasteiger charge is -2.35. The summed E-state index contributed by atoms with van der Waals surface area (Å²) < 4.78 is 0. The Balaban J connectivity index is 2.17. The molecule has 0 aromatic rings. The predicted molar refractivity (Wildman–Crippen MR) is 67.2 cm³/mol. The highest BCUT2D eigenvalue weighted by atomic mass is 15.0. The monoisotopic (exact) mass is 212 g/mol. The molecular formula is C13H28N2. The molecule has 0 bridgehead atoms. The number of rotatable bonds is 6. The first-order valence-electron chi connectivity index (χ1n) is 6.66. The normalized spacial score (nSPS) is 27.2. The van der Waals surface area contributed by atoms with Crippen LogP contribution in [-0.4, -0.2) is 25.2 Å². The highest BCUT2D eigenvalue weighted by Gasteiger charge is 2.25. The minimum Gasteiger partial charge on any atom is -0.315 e. The molecule has 2 N–H and O–H groups in total. The third kappa shape index (κ3) is 4.52. The van der Waals surface area contributed by atoms with E-state index in [-0.39, 0.29) is 0 Å². The SMILES string of the molecule is CCC(CC)CNCC1(C)CCCCN1. The van der Waals surface area contributed by atoms with Gasteiger partial charge in [-0.25, -0.2) is 0 Å². The smallest absolute Gasteiger partial charge is 0.0277 e. The zero-order valence-electron chi connectivity index (χ0n) is 10.7. The van der Waals surface area contributed by atoms with E-state index in [1.54, 1.807) is 0 Å². The summed E-state index contributed by atoms with van der Waals surface area (Å²) in [5.41, 5.74) is 0.351. The van der Waals surface area contributed by atoms with Crippen LogP contribution < -0.4 is 10.6 Å². The van der Waals surface area contributed by atoms with Crippen LogP contribution in [0.5, 0.6) is 0 Å². The number of hydrogen-bond donors (Lipinski definition) is 2. The molecule has 0 aromatic heterocycles. The van der Waals surface area contributed by atoms with Crippen molar-refractivity contribution in [1.29, 1.82) is 0 Å². The van der Waals surface area contributed by atoms with E-state index in [4.69, 9.17) is 0 Å². The Kier molecular flexibility index (Phi) is 5.62. The van der Waals surface area contributed by atoms with Gasteiger partial charge >= 0.3 is 0 Å². The molecular weight excluding hydrogens is 184 g/mol. The topological polar surface area (TPSA) is 24.1 Å². The first-order valence-corrected chi connectivity index (χ1v) is 6.66. The van der Waals surface area contributed by atoms with Gasteiger partial charge in [-0.05, 0) is 38.8 Å². The second kappa shape index (κ2) is 6.49. The van der Waals surface area contributed by atoms with Crippen molar-refractivity contribution >= 4 is 0 Å². The van der Waals surface area contributed by atoms with Crippen molar-refractivity contribution in [3.8, 4) is 0 Å². The molecule has 1 atom stereocenters. The summed E-state index contributed by atoms with van der Waals surface area (Å²) in [4.78, 5) is 0. The lowest BCUT2D eigenvalue weighted by atomic mass is 9.90. The Morgan fingerprint density at radius 2 is 2.00 bits per heavy atom. The first kappa shape index (κ1) is 13.0. The summed E-state index contributed by atoms with van der Waals surface area (Å²) in [7, 11) is 0. The van der Waals surface area contributed by atoms with Gasteiger partial charge in [-0.3, -0.25) is 0 Å². The van der Waals surface area contributed by atoms with E-state index in [0.717, 1.165) is 12.5 Å². The van der Waals surface area contributed by atoms with E-state index in [9.17, 15) is 0 Å². The molecule has 1 unspecified atom stereocenters. The summed E-state index contributed by atoms with van der Waals surface area (Å²) in [6.45, 7) is 10.4. The fraction of sp³-hybridized carbons (Fsp3) is 1.00. The molecule has 2 nitrogen and oxygen atoms in total. The van der Waals surface area contributed by atoms with Crippen LogP contribution in [0.4, 0.5) is 0 Å². The Bertz CT molecular complexity index is 158. The van der Waals surface area contributed by atoms with Gasteiger partial charge in [0.15, 0.2) is 0 Å². The molecule has 1 heterocycles. The fourth-order valence-electron chi connectivity index (χ4n) is 2.40. The fourth-order valence-corrected chi connectivity index (χ4v) is 2.40. The van der Waals surface area contributed by atoms with Crippen molar-refractivity contribution in [3.63, 3.8) is 0 Å². The Hall–Kier alpha value is -0.0800. The van der Waals surface area contributed by atoms with Crippen molar-refractivity contribution in [2.75, 3.05) is 19.6 Å². The molecule has 0 aromatic carbocycles. The van der Waals surface area contributed by atoms with Crippen molar-refractivity contribution in [3.05, 3.63) is 0 Å². The molecule has 2 heteroatoms. The number of hydrogen-bond acceptors (Lipinski definition) is 2. The maximum absolute atomic E-state index is 3.64. The average Bonchev–Trinajstić information content (AvgIpc) is 2.25. The Morgan fingerprint density at radius 1 is 1.27 bits per heavy atom. The third-order valence-corrected chi connectivity index (χ3v) is 3.81. The summed E-state index contributed by atoms with van der Waals surface area (Å²) in [5, 5.41) is 7.28. The van der Waals surface area contributed by atoms with Crippen LogP contribution in [0.2, 0.25) is 0 Å². The van der Waals surface area contributed by atoms with Gasteiger partial charge in [-0.2, -0.15) is 0 Å². The van der Waals surface area contributed by atoms with Gasteiger partial charge in [-0.15, -0.1) is 0 Å². The molecule has 0 amide bonds. The van der Waals surface area contributed by atoms with Crippen LogP contribution in [0, 0.1) is 5.92 Å². The van der Waals surface area contributed by atoms with Gasteiger partial charge in [0, 0.05) is 12.1 Å². The predicted octanol–water partition coefficient (Wildman–Crippen LogP) is 2.54. The van der Waals surface area contributed by atoms with Crippen molar-refractivity contribution < 1.29 is 0 Å². The van der Waals surface area contributed by atoms with Gasteiger partial charge in [0.1, 0.15) is 0 Å². The van der Waals surface area contributed by atoms with Crippen LogP contribution in [0.1, 0.15) is 52.9 Å². The van der Waals surface area contributed by atoms with E-state index in [1.165, 1.54) is 45.2 Å². The lowest BCUT2D eigenvalue weighted by molar-refractivity contribution is 0.261. The quantitative estimate of drug-likeness (QED) is 0.707. The Morgan fingerprint density at radius 3 is 2.53 bits per heavy atom. The van der Waals surface area contributed by atoms with Gasteiger partial charge in [-0.1, -0.05) is 33.1 Å². The highest BCUT2D eigenvalue weighted by molar-refractivity contribution is 4.88. The zero-order chi connectivity index (χ0) is 11.1. The van der Waals surface area contributed by atoms with Crippen LogP contribution in [0.3, 0.4) is 0 Å². The summed E-state index contributed by atoms with van der Waals surface area (Å²) in [6.07, 6.45) is 6.66. The maximum atomic E-state index is 3.64. The van der Waals surface area contributed by atoms with E-state index in [0.29, 0.717) is 5.54 Å². The number of piperidine rings is 1. The van der Waals surface area contributed by atoms with Gasteiger partial charge in [0.25, 0.3) is 0 Å². The maximum Gasteiger partial charge on any atom is 0.0277 e. The van der Waals surface area contributed by atoms with Crippen LogP contribution in [0.25, 0.3) is 0 Å². The van der Waals surface area contributed by atoms with Crippen molar-refractivity contribution in [2.24, 2.45) is 5.92 Å². The van der Waals surface area contributed by atoms with E-state index in [1.807, 2.05) is 0 Å². The average molecular weight is 212 g/mol. The first-order chi connectivity index (χ1) is 7.20. The minimum atomic E-state index is 0.351. The third-order valence-electron chi connectivity index (χ3n) is 3.81. The zero-order valence-corrected chi connectivity index (χ0v) is 10.7. The molecule has 15 heavy (non-hydrogen) atoms. The van der Waals surface area contributed by atoms with Crippen LogP contribution >= 0.6 is 0 Å². The summed E-state index contributed by atoms with van der Waals surface area (Å²) in [6, 6.07) is 0. The van der Waals surface area contributed by atoms with E-state index >= 15 is 0 Å². The molecule has 1 aliphatic rings. The number of nitrogens with one attached hydrogen (secondary N) is 2. The van der Waals surface area contributed by atoms with Crippen LogP contribution in [0.15, 0.2) is 0 Å². The molecule has 1 saturated heterocycles. The van der Waals surface area contributed by atoms with Crippen LogP contribution in [-0.2, 0) is 0 Å². The van der Waals surface area contributed by atoms with Gasteiger partial charge < -0.3 is 10.6 Å².